The molecule has 0 unspecified atom stereocenters. The van der Waals surface area contributed by atoms with Crippen LogP contribution in [0.1, 0.15) is 0 Å². The molecular weight excluding hydrogens is 233 g/mol. The molecule has 0 aliphatic rings. The van der Waals surface area contributed by atoms with Crippen LogP contribution in [-0.4, -0.2) is 19.7 Å². The number of rotatable bonds is 2. The van der Waals surface area contributed by atoms with Crippen LogP contribution in [0.2, 0.25) is 0 Å². The van der Waals surface area contributed by atoms with Gasteiger partial charge < -0.3 is 5.32 Å². The highest BCUT2D eigenvalue weighted by atomic mass is 19.1. The first-order chi connectivity index (χ1) is 8.74. The number of hydrogen-bond acceptors (Lipinski definition) is 4. The predicted octanol–water partition coefficient (Wildman–Crippen LogP) is 2.25. The standard InChI is InChI=1S/C12H10FN5/c1-18-6-8(5-16-18)17-12-11-9(13)3-2-4-10(11)14-7-15-12/h2-7H,1H3,(H,14,15,17). The van der Waals surface area contributed by atoms with Crippen molar-refractivity contribution in [1.29, 1.82) is 0 Å². The molecule has 6 heteroatoms. The summed E-state index contributed by atoms with van der Waals surface area (Å²) < 4.78 is 15.5. The van der Waals surface area contributed by atoms with E-state index in [4.69, 9.17) is 0 Å². The molecular formula is C12H10FN5. The van der Waals surface area contributed by atoms with E-state index in [-0.39, 0.29) is 5.82 Å². The number of hydrogen-bond donors (Lipinski definition) is 1. The van der Waals surface area contributed by atoms with Gasteiger partial charge in [-0.1, -0.05) is 6.07 Å². The molecule has 0 bridgehead atoms. The highest BCUT2D eigenvalue weighted by Gasteiger charge is 2.09. The molecule has 1 aromatic carbocycles. The number of nitrogens with zero attached hydrogens (tertiary/aromatic N) is 4. The molecule has 0 amide bonds. The van der Waals surface area contributed by atoms with Gasteiger partial charge in [0.1, 0.15) is 18.0 Å². The maximum absolute atomic E-state index is 13.8. The average molecular weight is 243 g/mol. The van der Waals surface area contributed by atoms with Crippen molar-refractivity contribution < 1.29 is 4.39 Å². The summed E-state index contributed by atoms with van der Waals surface area (Å²) in [5.41, 5.74) is 1.32. The van der Waals surface area contributed by atoms with Gasteiger partial charge in [0.25, 0.3) is 0 Å². The zero-order chi connectivity index (χ0) is 12.5. The lowest BCUT2D eigenvalue weighted by Crippen LogP contribution is -1.96. The molecule has 3 aromatic rings. The molecule has 3 rings (SSSR count). The maximum atomic E-state index is 13.8. The molecule has 2 heterocycles. The molecule has 0 aliphatic carbocycles. The minimum absolute atomic E-state index is 0.348. The lowest BCUT2D eigenvalue weighted by Gasteiger charge is -2.06. The zero-order valence-electron chi connectivity index (χ0n) is 9.63. The molecule has 90 valence electrons. The van der Waals surface area contributed by atoms with E-state index in [0.717, 1.165) is 5.69 Å². The van der Waals surface area contributed by atoms with Crippen molar-refractivity contribution in [2.24, 2.45) is 7.05 Å². The predicted molar refractivity (Wildman–Crippen MR) is 66.0 cm³/mol. The lowest BCUT2D eigenvalue weighted by atomic mass is 10.2. The molecule has 1 N–H and O–H groups in total. The fourth-order valence-corrected chi connectivity index (χ4v) is 1.79. The first-order valence-corrected chi connectivity index (χ1v) is 5.39. The third-order valence-corrected chi connectivity index (χ3v) is 2.58. The molecule has 0 fully saturated rings. The van der Waals surface area contributed by atoms with E-state index >= 15 is 0 Å². The van der Waals surface area contributed by atoms with E-state index in [2.05, 4.69) is 20.4 Å². The average Bonchev–Trinajstić information content (AvgIpc) is 2.75. The molecule has 0 aliphatic heterocycles. The smallest absolute Gasteiger partial charge is 0.144 e. The van der Waals surface area contributed by atoms with Crippen LogP contribution in [0.15, 0.2) is 36.9 Å². The summed E-state index contributed by atoms with van der Waals surface area (Å²) in [4.78, 5) is 8.11. The van der Waals surface area contributed by atoms with Gasteiger partial charge in [-0.3, -0.25) is 4.68 Å². The molecule has 0 radical (unpaired) electrons. The molecule has 0 spiro atoms. The zero-order valence-corrected chi connectivity index (χ0v) is 9.63. The van der Waals surface area contributed by atoms with E-state index in [1.54, 1.807) is 29.2 Å². The van der Waals surface area contributed by atoms with Crippen LogP contribution in [-0.2, 0) is 7.05 Å². The third-order valence-electron chi connectivity index (χ3n) is 2.58. The number of fused-ring (bicyclic) bond motifs is 1. The summed E-state index contributed by atoms with van der Waals surface area (Å²) in [6, 6.07) is 4.76. The Labute approximate surface area is 102 Å². The monoisotopic (exact) mass is 243 g/mol. The van der Waals surface area contributed by atoms with Crippen LogP contribution in [0.4, 0.5) is 15.9 Å². The lowest BCUT2D eigenvalue weighted by molar-refractivity contribution is 0.639. The third kappa shape index (κ3) is 1.77. The van der Waals surface area contributed by atoms with Crippen LogP contribution in [0.25, 0.3) is 10.9 Å². The summed E-state index contributed by atoms with van der Waals surface area (Å²) in [7, 11) is 1.81. The highest BCUT2D eigenvalue weighted by molar-refractivity contribution is 5.90. The van der Waals surface area contributed by atoms with Crippen LogP contribution < -0.4 is 5.32 Å². The van der Waals surface area contributed by atoms with Gasteiger partial charge in [0.15, 0.2) is 0 Å². The summed E-state index contributed by atoms with van der Waals surface area (Å²) in [5.74, 6) is 0.0885. The number of benzene rings is 1. The van der Waals surface area contributed by atoms with Crippen molar-refractivity contribution in [3.63, 3.8) is 0 Å². The largest absolute Gasteiger partial charge is 0.337 e. The first kappa shape index (κ1) is 10.6. The summed E-state index contributed by atoms with van der Waals surface area (Å²) in [6.07, 6.45) is 4.84. The Morgan fingerprint density at radius 1 is 1.28 bits per heavy atom. The van der Waals surface area contributed by atoms with Crippen LogP contribution >= 0.6 is 0 Å². The summed E-state index contributed by atoms with van der Waals surface area (Å²) in [6.45, 7) is 0. The Morgan fingerprint density at radius 3 is 2.94 bits per heavy atom. The summed E-state index contributed by atoms with van der Waals surface area (Å²) >= 11 is 0. The molecule has 2 aromatic heterocycles. The molecule has 0 saturated carbocycles. The van der Waals surface area contributed by atoms with Gasteiger partial charge in [0, 0.05) is 13.2 Å². The van der Waals surface area contributed by atoms with Crippen molar-refractivity contribution in [1.82, 2.24) is 19.7 Å². The SMILES string of the molecule is Cn1cc(Nc2ncnc3cccc(F)c23)cn1. The second-order valence-electron chi connectivity index (χ2n) is 3.88. The fourth-order valence-electron chi connectivity index (χ4n) is 1.79. The Morgan fingerprint density at radius 2 is 2.17 bits per heavy atom. The number of aromatic nitrogens is 4. The Hall–Kier alpha value is -2.50. The Balaban J connectivity index is 2.11. The maximum Gasteiger partial charge on any atom is 0.144 e. The van der Waals surface area contributed by atoms with Crippen molar-refractivity contribution in [3.8, 4) is 0 Å². The summed E-state index contributed by atoms with van der Waals surface area (Å²) in [5, 5.41) is 7.44. The van der Waals surface area contributed by atoms with Gasteiger partial charge in [-0.25, -0.2) is 14.4 Å². The topological polar surface area (TPSA) is 55.6 Å². The Kier molecular flexibility index (Phi) is 2.40. The normalized spacial score (nSPS) is 10.8. The van der Waals surface area contributed by atoms with E-state index in [1.807, 2.05) is 7.05 Å². The van der Waals surface area contributed by atoms with Gasteiger partial charge in [-0.15, -0.1) is 0 Å². The van der Waals surface area contributed by atoms with Crippen molar-refractivity contribution in [2.75, 3.05) is 5.32 Å². The molecule has 5 nitrogen and oxygen atoms in total. The van der Waals surface area contributed by atoms with Crippen LogP contribution in [0.3, 0.4) is 0 Å². The van der Waals surface area contributed by atoms with Crippen LogP contribution in [0.5, 0.6) is 0 Å². The van der Waals surface area contributed by atoms with Crippen molar-refractivity contribution in [3.05, 3.63) is 42.7 Å². The minimum atomic E-state index is -0.348. The van der Waals surface area contributed by atoms with Gasteiger partial charge >= 0.3 is 0 Å². The van der Waals surface area contributed by atoms with Gasteiger partial charge in [-0.2, -0.15) is 5.10 Å². The second kappa shape index (κ2) is 4.06. The Bertz CT molecular complexity index is 701. The van der Waals surface area contributed by atoms with Crippen molar-refractivity contribution in [2.45, 2.75) is 0 Å². The van der Waals surface area contributed by atoms with E-state index in [1.165, 1.54) is 12.4 Å². The minimum Gasteiger partial charge on any atom is -0.337 e. The van der Waals surface area contributed by atoms with Crippen molar-refractivity contribution >= 4 is 22.4 Å². The van der Waals surface area contributed by atoms with Gasteiger partial charge in [-0.05, 0) is 12.1 Å². The van der Waals surface area contributed by atoms with Gasteiger partial charge in [0.05, 0.1) is 22.8 Å². The fraction of sp³-hybridized carbons (Fsp3) is 0.0833. The van der Waals surface area contributed by atoms with E-state index < -0.39 is 0 Å². The van der Waals surface area contributed by atoms with Crippen LogP contribution in [0, 0.1) is 5.82 Å². The van der Waals surface area contributed by atoms with E-state index in [0.29, 0.717) is 16.7 Å². The highest BCUT2D eigenvalue weighted by Crippen LogP contribution is 2.24. The second-order valence-corrected chi connectivity index (χ2v) is 3.88. The van der Waals surface area contributed by atoms with Gasteiger partial charge in [0.2, 0.25) is 0 Å². The quantitative estimate of drug-likeness (QED) is 0.750. The molecule has 18 heavy (non-hydrogen) atoms. The molecule has 0 atom stereocenters. The number of anilines is 2. The number of nitrogens with one attached hydrogen (secondary N) is 1. The first-order valence-electron chi connectivity index (χ1n) is 5.39. The molecule has 0 saturated heterocycles. The van der Waals surface area contributed by atoms with E-state index in [9.17, 15) is 4.39 Å². The number of aryl methyl sites for hydroxylation is 1. The number of halogens is 1.